The normalized spacial score (nSPS) is 19.6. The highest BCUT2D eigenvalue weighted by Crippen LogP contribution is 2.41. The molecule has 1 aliphatic heterocycles. The molecule has 0 spiro atoms. The minimum Gasteiger partial charge on any atom is -0.447 e. The third-order valence-corrected chi connectivity index (χ3v) is 18.9. The van der Waals surface area contributed by atoms with Crippen molar-refractivity contribution in [2.24, 2.45) is 11.8 Å². The Morgan fingerprint density at radius 3 is 1.88 bits per heavy atom. The third-order valence-electron chi connectivity index (χ3n) is 9.85. The van der Waals surface area contributed by atoms with E-state index in [0.29, 0.717) is 24.8 Å². The Labute approximate surface area is 259 Å². The van der Waals surface area contributed by atoms with E-state index in [1.807, 2.05) is 33.8 Å². The standard InChI is InChI=1S/C33H63NO6Si2/c1-16-26(30(36)34-29(23(2)3)22-38-31(34)37)18-20-28(40-42(14,15)33(9,10)11)21-27(19-17-24(4)25(5)35)39-41(12,13)32(6,7)8/h18,23-24,27-29H,16-17,19-22H2,1-15H3/b26-18+/t24-,27+,28-,29+/m0/s1. The van der Waals surface area contributed by atoms with Gasteiger partial charge in [-0.1, -0.05) is 75.3 Å². The zero-order valence-electron chi connectivity index (χ0n) is 29.6. The van der Waals surface area contributed by atoms with Gasteiger partial charge in [-0.15, -0.1) is 0 Å². The first-order chi connectivity index (χ1) is 18.9. The lowest BCUT2D eigenvalue weighted by Gasteiger charge is -2.42. The van der Waals surface area contributed by atoms with Gasteiger partial charge in [0, 0.05) is 17.6 Å². The molecule has 0 aliphatic carbocycles. The molecule has 1 heterocycles. The summed E-state index contributed by atoms with van der Waals surface area (Å²) >= 11 is 0. The van der Waals surface area contributed by atoms with Crippen molar-refractivity contribution < 1.29 is 28.0 Å². The van der Waals surface area contributed by atoms with Crippen LogP contribution in [-0.2, 0) is 23.2 Å². The molecule has 7 nitrogen and oxygen atoms in total. The molecule has 0 saturated carbocycles. The van der Waals surface area contributed by atoms with Crippen molar-refractivity contribution in [3.8, 4) is 0 Å². The quantitative estimate of drug-likeness (QED) is 0.134. The fourth-order valence-corrected chi connectivity index (χ4v) is 7.29. The molecule has 0 aromatic rings. The van der Waals surface area contributed by atoms with E-state index in [0.717, 1.165) is 12.8 Å². The van der Waals surface area contributed by atoms with Crippen molar-refractivity contribution in [1.29, 1.82) is 0 Å². The number of amides is 2. The van der Waals surface area contributed by atoms with E-state index in [-0.39, 0.29) is 58.5 Å². The highest BCUT2D eigenvalue weighted by molar-refractivity contribution is 6.74. The number of carbonyl (C=O) groups is 3. The first-order valence-electron chi connectivity index (χ1n) is 16.0. The molecule has 1 fully saturated rings. The monoisotopic (exact) mass is 625 g/mol. The number of nitrogens with zero attached hydrogens (tertiary/aromatic N) is 1. The number of cyclic esters (lactones) is 1. The van der Waals surface area contributed by atoms with Gasteiger partial charge in [-0.3, -0.25) is 9.59 Å². The van der Waals surface area contributed by atoms with Crippen molar-refractivity contribution >= 4 is 34.4 Å². The van der Waals surface area contributed by atoms with Crippen molar-refractivity contribution in [2.75, 3.05) is 6.61 Å². The molecular weight excluding hydrogens is 563 g/mol. The molecule has 244 valence electrons. The van der Waals surface area contributed by atoms with E-state index in [9.17, 15) is 14.4 Å². The highest BCUT2D eigenvalue weighted by Gasteiger charge is 2.43. The Kier molecular flexibility index (Phi) is 13.9. The van der Waals surface area contributed by atoms with Crippen molar-refractivity contribution in [1.82, 2.24) is 4.90 Å². The summed E-state index contributed by atoms with van der Waals surface area (Å²) in [6.07, 6.45) is 4.50. The Morgan fingerprint density at radius 1 is 0.952 bits per heavy atom. The fourth-order valence-electron chi connectivity index (χ4n) is 4.51. The average molecular weight is 626 g/mol. The van der Waals surface area contributed by atoms with Crippen LogP contribution in [-0.4, -0.2) is 64.2 Å². The molecule has 1 aliphatic rings. The second kappa shape index (κ2) is 15.1. The molecular formula is C33H63NO6Si2. The number of ether oxygens (including phenoxy) is 1. The zero-order chi connectivity index (χ0) is 32.8. The molecule has 0 bridgehead atoms. The molecule has 0 aromatic heterocycles. The largest absolute Gasteiger partial charge is 0.447 e. The second-order valence-corrected chi connectivity index (χ2v) is 25.2. The molecule has 0 aromatic carbocycles. The van der Waals surface area contributed by atoms with Gasteiger partial charge in [0.1, 0.15) is 12.4 Å². The molecule has 42 heavy (non-hydrogen) atoms. The fraction of sp³-hybridized carbons (Fsp3) is 0.848. The highest BCUT2D eigenvalue weighted by atomic mass is 28.4. The van der Waals surface area contributed by atoms with Crippen LogP contribution in [0.25, 0.3) is 0 Å². The molecule has 0 N–H and O–H groups in total. The van der Waals surface area contributed by atoms with Crippen LogP contribution >= 0.6 is 0 Å². The summed E-state index contributed by atoms with van der Waals surface area (Å²) in [4.78, 5) is 39.5. The topological polar surface area (TPSA) is 82.1 Å². The van der Waals surface area contributed by atoms with Crippen molar-refractivity contribution in [3.63, 3.8) is 0 Å². The van der Waals surface area contributed by atoms with Gasteiger partial charge in [0.05, 0.1) is 12.1 Å². The van der Waals surface area contributed by atoms with Crippen LogP contribution in [0.3, 0.4) is 0 Å². The Morgan fingerprint density at radius 2 is 1.45 bits per heavy atom. The molecule has 9 heteroatoms. The lowest BCUT2D eigenvalue weighted by molar-refractivity contribution is -0.126. The number of rotatable bonds is 15. The third kappa shape index (κ3) is 10.7. The van der Waals surface area contributed by atoms with Crippen LogP contribution in [0.5, 0.6) is 0 Å². The van der Waals surface area contributed by atoms with Gasteiger partial charge in [0.2, 0.25) is 0 Å². The maximum absolute atomic E-state index is 13.6. The SMILES string of the molecule is CC/C(=C\C[C@@H](C[C@@H](CC[C@H](C)C(C)=O)O[Si](C)(C)C(C)(C)C)O[Si](C)(C)C(C)(C)C)C(=O)N1C(=O)OC[C@@H]1C(C)C. The Bertz CT molecular complexity index is 961. The number of ketones is 1. The molecule has 0 unspecified atom stereocenters. The molecule has 2 amide bonds. The maximum atomic E-state index is 13.6. The summed E-state index contributed by atoms with van der Waals surface area (Å²) in [5.41, 5.74) is 0.607. The van der Waals surface area contributed by atoms with Gasteiger partial charge >= 0.3 is 6.09 Å². The predicted molar refractivity (Wildman–Crippen MR) is 178 cm³/mol. The lowest BCUT2D eigenvalue weighted by atomic mass is 9.96. The maximum Gasteiger partial charge on any atom is 0.417 e. The first kappa shape index (κ1) is 38.7. The van der Waals surface area contributed by atoms with Crippen molar-refractivity contribution in [2.45, 2.75) is 163 Å². The number of Topliss-reactive ketones (excluding diaryl/α,β-unsaturated/α-hetero) is 1. The summed E-state index contributed by atoms with van der Waals surface area (Å²) in [6.45, 7) is 32.3. The van der Waals surface area contributed by atoms with Crippen LogP contribution < -0.4 is 0 Å². The Hall–Kier alpha value is -1.30. The average Bonchev–Trinajstić information content (AvgIpc) is 3.22. The van der Waals surface area contributed by atoms with E-state index in [1.54, 1.807) is 6.92 Å². The lowest BCUT2D eigenvalue weighted by Crippen LogP contribution is -2.47. The van der Waals surface area contributed by atoms with E-state index in [1.165, 1.54) is 4.90 Å². The van der Waals surface area contributed by atoms with Crippen molar-refractivity contribution in [3.05, 3.63) is 11.6 Å². The number of imide groups is 1. The van der Waals surface area contributed by atoms with Gasteiger partial charge in [-0.05, 0) is 81.2 Å². The van der Waals surface area contributed by atoms with Crippen LogP contribution in [0, 0.1) is 11.8 Å². The predicted octanol–water partition coefficient (Wildman–Crippen LogP) is 8.89. The summed E-state index contributed by atoms with van der Waals surface area (Å²) < 4.78 is 19.3. The van der Waals surface area contributed by atoms with Crippen LogP contribution in [0.2, 0.25) is 36.3 Å². The van der Waals surface area contributed by atoms with Gasteiger partial charge in [-0.25, -0.2) is 9.69 Å². The van der Waals surface area contributed by atoms with E-state index in [4.69, 9.17) is 13.6 Å². The molecule has 4 atom stereocenters. The van der Waals surface area contributed by atoms with Crippen LogP contribution in [0.1, 0.15) is 108 Å². The zero-order valence-corrected chi connectivity index (χ0v) is 31.6. The summed E-state index contributed by atoms with van der Waals surface area (Å²) in [5, 5.41) is 0.0628. The molecule has 1 saturated heterocycles. The van der Waals surface area contributed by atoms with E-state index in [2.05, 4.69) is 67.7 Å². The second-order valence-electron chi connectivity index (χ2n) is 15.7. The van der Waals surface area contributed by atoms with Gasteiger partial charge in [0.25, 0.3) is 5.91 Å². The summed E-state index contributed by atoms with van der Waals surface area (Å²) in [5.74, 6) is 0.0193. The number of carbonyl (C=O) groups excluding carboxylic acids is 3. The minimum atomic E-state index is -2.16. The smallest absolute Gasteiger partial charge is 0.417 e. The molecule has 0 radical (unpaired) electrons. The summed E-state index contributed by atoms with van der Waals surface area (Å²) in [7, 11) is -4.26. The van der Waals surface area contributed by atoms with Crippen LogP contribution in [0.4, 0.5) is 4.79 Å². The van der Waals surface area contributed by atoms with E-state index >= 15 is 0 Å². The van der Waals surface area contributed by atoms with Crippen LogP contribution in [0.15, 0.2) is 11.6 Å². The van der Waals surface area contributed by atoms with Gasteiger partial charge in [-0.2, -0.15) is 0 Å². The number of hydrogen-bond donors (Lipinski definition) is 0. The first-order valence-corrected chi connectivity index (χ1v) is 21.8. The Balaban J connectivity index is 3.42. The van der Waals surface area contributed by atoms with E-state index < -0.39 is 22.7 Å². The number of hydrogen-bond acceptors (Lipinski definition) is 6. The molecule has 1 rings (SSSR count). The van der Waals surface area contributed by atoms with Gasteiger partial charge in [0.15, 0.2) is 16.6 Å². The van der Waals surface area contributed by atoms with Gasteiger partial charge < -0.3 is 13.6 Å². The summed E-state index contributed by atoms with van der Waals surface area (Å²) in [6, 6.07) is -0.259. The minimum absolute atomic E-state index is 0.0150.